The van der Waals surface area contributed by atoms with E-state index in [1.807, 2.05) is 53.4 Å². The number of hydrogen-bond acceptors (Lipinski definition) is 2. The molecule has 0 fully saturated rings. The number of aromatic nitrogens is 1. The van der Waals surface area contributed by atoms with Crippen LogP contribution in [-0.4, -0.2) is 22.3 Å². The molecule has 0 radical (unpaired) electrons. The van der Waals surface area contributed by atoms with Crippen LogP contribution in [-0.2, 0) is 6.42 Å². The second-order valence-electron chi connectivity index (χ2n) is 6.00. The highest BCUT2D eigenvalue weighted by Crippen LogP contribution is 2.35. The molecule has 3 aromatic rings. The Morgan fingerprint density at radius 3 is 2.42 bits per heavy atom. The van der Waals surface area contributed by atoms with Gasteiger partial charge in [-0.15, -0.1) is 0 Å². The molecule has 1 atom stereocenters. The fourth-order valence-corrected chi connectivity index (χ4v) is 3.44. The lowest BCUT2D eigenvalue weighted by Crippen LogP contribution is -2.40. The predicted molar refractivity (Wildman–Crippen MR) is 93.7 cm³/mol. The number of pyridine rings is 1. The van der Waals surface area contributed by atoms with Gasteiger partial charge in [0.25, 0.3) is 5.91 Å². The highest BCUT2D eigenvalue weighted by Gasteiger charge is 2.32. The summed E-state index contributed by atoms with van der Waals surface area (Å²) in [5, 5.41) is 0. The van der Waals surface area contributed by atoms with E-state index in [-0.39, 0.29) is 11.9 Å². The van der Waals surface area contributed by atoms with Gasteiger partial charge in [0.1, 0.15) is 0 Å². The van der Waals surface area contributed by atoms with Gasteiger partial charge >= 0.3 is 0 Å². The van der Waals surface area contributed by atoms with Crippen molar-refractivity contribution >= 4 is 5.91 Å². The second-order valence-corrected chi connectivity index (χ2v) is 6.00. The summed E-state index contributed by atoms with van der Waals surface area (Å²) in [7, 11) is 0. The standard InChI is InChI=1S/C21H18N2O/c24-21(18-7-2-1-3-8-18)23-15-12-16-6-4-5-9-19(16)20(23)17-10-13-22-14-11-17/h1-11,13-14,20H,12,15H2. The number of rotatable bonds is 2. The van der Waals surface area contributed by atoms with Gasteiger partial charge in [0, 0.05) is 24.5 Å². The molecular formula is C21H18N2O. The number of carbonyl (C=O) groups is 1. The zero-order valence-corrected chi connectivity index (χ0v) is 13.3. The van der Waals surface area contributed by atoms with Crippen LogP contribution in [0.15, 0.2) is 79.1 Å². The largest absolute Gasteiger partial charge is 0.327 e. The van der Waals surface area contributed by atoms with Crippen LogP contribution in [0, 0.1) is 0 Å². The second kappa shape index (κ2) is 6.28. The number of hydrogen-bond donors (Lipinski definition) is 0. The van der Waals surface area contributed by atoms with Crippen molar-refractivity contribution in [1.82, 2.24) is 9.88 Å². The Morgan fingerprint density at radius 1 is 0.917 bits per heavy atom. The zero-order chi connectivity index (χ0) is 16.4. The van der Waals surface area contributed by atoms with Gasteiger partial charge in [-0.2, -0.15) is 0 Å². The van der Waals surface area contributed by atoms with Crippen molar-refractivity contribution < 1.29 is 4.79 Å². The van der Waals surface area contributed by atoms with Crippen molar-refractivity contribution in [2.75, 3.05) is 6.54 Å². The van der Waals surface area contributed by atoms with Crippen molar-refractivity contribution in [3.05, 3.63) is 101 Å². The zero-order valence-electron chi connectivity index (χ0n) is 13.3. The molecular weight excluding hydrogens is 296 g/mol. The third-order valence-corrected chi connectivity index (χ3v) is 4.59. The highest BCUT2D eigenvalue weighted by atomic mass is 16.2. The van der Waals surface area contributed by atoms with Crippen LogP contribution in [0.5, 0.6) is 0 Å². The first-order valence-electron chi connectivity index (χ1n) is 8.18. The van der Waals surface area contributed by atoms with E-state index >= 15 is 0 Å². The lowest BCUT2D eigenvalue weighted by molar-refractivity contribution is 0.0694. The summed E-state index contributed by atoms with van der Waals surface area (Å²) in [6.07, 6.45) is 4.46. The third-order valence-electron chi connectivity index (χ3n) is 4.59. The third kappa shape index (κ3) is 2.58. The molecule has 0 saturated heterocycles. The SMILES string of the molecule is O=C(c1ccccc1)N1CCc2ccccc2C1c1ccncc1. The van der Waals surface area contributed by atoms with Gasteiger partial charge in [-0.1, -0.05) is 42.5 Å². The molecule has 4 rings (SSSR count). The molecule has 0 aliphatic carbocycles. The average Bonchev–Trinajstić information content (AvgIpc) is 2.68. The molecule has 0 saturated carbocycles. The smallest absolute Gasteiger partial charge is 0.254 e. The van der Waals surface area contributed by atoms with Crippen molar-refractivity contribution in [2.45, 2.75) is 12.5 Å². The Kier molecular flexibility index (Phi) is 3.83. The molecule has 2 aromatic carbocycles. The number of amides is 1. The van der Waals surface area contributed by atoms with E-state index in [4.69, 9.17) is 0 Å². The van der Waals surface area contributed by atoms with E-state index in [1.165, 1.54) is 11.1 Å². The molecule has 1 amide bonds. The fraction of sp³-hybridized carbons (Fsp3) is 0.143. The van der Waals surface area contributed by atoms with Gasteiger partial charge in [0.05, 0.1) is 6.04 Å². The quantitative estimate of drug-likeness (QED) is 0.719. The molecule has 0 bridgehead atoms. The molecule has 2 heterocycles. The average molecular weight is 314 g/mol. The van der Waals surface area contributed by atoms with Crippen LogP contribution < -0.4 is 0 Å². The Hall–Kier alpha value is -2.94. The van der Waals surface area contributed by atoms with Gasteiger partial charge in [-0.3, -0.25) is 9.78 Å². The first kappa shape index (κ1) is 14.6. The minimum absolute atomic E-state index is 0.0642. The van der Waals surface area contributed by atoms with Crippen LogP contribution >= 0.6 is 0 Å². The van der Waals surface area contributed by atoms with Gasteiger partial charge in [0.15, 0.2) is 0 Å². The molecule has 1 unspecified atom stereocenters. The minimum atomic E-state index is -0.0642. The van der Waals surface area contributed by atoms with Crippen LogP contribution in [0.1, 0.15) is 33.1 Å². The first-order chi connectivity index (χ1) is 11.8. The normalized spacial score (nSPS) is 16.5. The summed E-state index contributed by atoms with van der Waals surface area (Å²) in [4.78, 5) is 19.2. The molecule has 24 heavy (non-hydrogen) atoms. The molecule has 0 spiro atoms. The molecule has 1 aliphatic rings. The summed E-state index contributed by atoms with van der Waals surface area (Å²) >= 11 is 0. The van der Waals surface area contributed by atoms with Crippen LogP contribution in [0.3, 0.4) is 0 Å². The van der Waals surface area contributed by atoms with E-state index in [1.54, 1.807) is 12.4 Å². The molecule has 1 aliphatic heterocycles. The molecule has 1 aromatic heterocycles. The maximum atomic E-state index is 13.1. The maximum Gasteiger partial charge on any atom is 0.254 e. The number of fused-ring (bicyclic) bond motifs is 1. The summed E-state index contributed by atoms with van der Waals surface area (Å²) in [5.74, 6) is 0.0758. The predicted octanol–water partition coefficient (Wildman–Crippen LogP) is 3.87. The molecule has 3 heteroatoms. The van der Waals surface area contributed by atoms with Gasteiger partial charge in [-0.25, -0.2) is 0 Å². The lowest BCUT2D eigenvalue weighted by Gasteiger charge is -2.37. The Bertz CT molecular complexity index is 846. The van der Waals surface area contributed by atoms with E-state index in [0.717, 1.165) is 24.1 Å². The Balaban J connectivity index is 1.80. The summed E-state index contributed by atoms with van der Waals surface area (Å²) in [6, 6.07) is 21.8. The topological polar surface area (TPSA) is 33.2 Å². The molecule has 118 valence electrons. The first-order valence-corrected chi connectivity index (χ1v) is 8.18. The number of benzene rings is 2. The van der Waals surface area contributed by atoms with Crippen molar-refractivity contribution in [2.24, 2.45) is 0 Å². The summed E-state index contributed by atoms with van der Waals surface area (Å²) in [6.45, 7) is 0.720. The summed E-state index contributed by atoms with van der Waals surface area (Å²) < 4.78 is 0. The van der Waals surface area contributed by atoms with Gasteiger partial charge in [0.2, 0.25) is 0 Å². The van der Waals surface area contributed by atoms with Crippen LogP contribution in [0.2, 0.25) is 0 Å². The molecule has 3 nitrogen and oxygen atoms in total. The Morgan fingerprint density at radius 2 is 1.62 bits per heavy atom. The van der Waals surface area contributed by atoms with E-state index in [2.05, 4.69) is 23.2 Å². The monoisotopic (exact) mass is 314 g/mol. The number of nitrogens with zero attached hydrogens (tertiary/aromatic N) is 2. The van der Waals surface area contributed by atoms with Crippen molar-refractivity contribution in [3.8, 4) is 0 Å². The van der Waals surface area contributed by atoms with Crippen molar-refractivity contribution in [1.29, 1.82) is 0 Å². The van der Waals surface area contributed by atoms with Crippen molar-refractivity contribution in [3.63, 3.8) is 0 Å². The minimum Gasteiger partial charge on any atom is -0.327 e. The molecule has 0 N–H and O–H groups in total. The van der Waals surface area contributed by atoms with E-state index in [9.17, 15) is 4.79 Å². The van der Waals surface area contributed by atoms with Gasteiger partial charge < -0.3 is 4.90 Å². The van der Waals surface area contributed by atoms with Crippen LogP contribution in [0.4, 0.5) is 0 Å². The fourth-order valence-electron chi connectivity index (χ4n) is 3.44. The maximum absolute atomic E-state index is 13.1. The van der Waals surface area contributed by atoms with E-state index < -0.39 is 0 Å². The number of carbonyl (C=O) groups excluding carboxylic acids is 1. The highest BCUT2D eigenvalue weighted by molar-refractivity contribution is 5.95. The Labute approximate surface area is 141 Å². The van der Waals surface area contributed by atoms with Crippen LogP contribution in [0.25, 0.3) is 0 Å². The summed E-state index contributed by atoms with van der Waals surface area (Å²) in [5.41, 5.74) is 4.35. The lowest BCUT2D eigenvalue weighted by atomic mass is 9.88. The van der Waals surface area contributed by atoms with E-state index in [0.29, 0.717) is 0 Å². The van der Waals surface area contributed by atoms with Gasteiger partial charge in [-0.05, 0) is 47.4 Å².